The van der Waals surface area contributed by atoms with Gasteiger partial charge in [-0.2, -0.15) is 0 Å². The summed E-state index contributed by atoms with van der Waals surface area (Å²) in [6.07, 6.45) is 1.21. The number of halogens is 2. The first-order valence-electron chi connectivity index (χ1n) is 8.63. The Kier molecular flexibility index (Phi) is 7.33. The zero-order chi connectivity index (χ0) is 20.7. The zero-order valence-corrected chi connectivity index (χ0v) is 16.4. The predicted molar refractivity (Wildman–Crippen MR) is 103 cm³/mol. The molecule has 0 aliphatic carbocycles. The van der Waals surface area contributed by atoms with E-state index in [4.69, 9.17) is 4.74 Å². The highest BCUT2D eigenvalue weighted by molar-refractivity contribution is 7.92. The van der Waals surface area contributed by atoms with Gasteiger partial charge in [0.1, 0.15) is 30.0 Å². The van der Waals surface area contributed by atoms with Crippen molar-refractivity contribution in [1.29, 1.82) is 0 Å². The summed E-state index contributed by atoms with van der Waals surface area (Å²) in [5.74, 6) is -0.938. The Morgan fingerprint density at radius 2 is 1.61 bits per heavy atom. The highest BCUT2D eigenvalue weighted by Gasteiger charge is 2.31. The largest absolute Gasteiger partial charge is 0.492 e. The second-order valence-electron chi connectivity index (χ2n) is 6.05. The molecular formula is C19H22F2N2O4S. The van der Waals surface area contributed by atoms with Gasteiger partial charge in [0.05, 0.1) is 18.5 Å². The van der Waals surface area contributed by atoms with E-state index in [1.165, 1.54) is 36.4 Å². The Morgan fingerprint density at radius 1 is 1.07 bits per heavy atom. The summed E-state index contributed by atoms with van der Waals surface area (Å²) >= 11 is 0. The van der Waals surface area contributed by atoms with Gasteiger partial charge in [-0.05, 0) is 55.0 Å². The number of hydrogen-bond donors (Lipinski definition) is 1. The SMILES string of the molecule is CCC(C(=O)NCCOc1ccc(F)cc1)N(c1ccc(F)cc1)S(C)(=O)=O. The molecule has 0 aromatic heterocycles. The third-order valence-corrected chi connectivity index (χ3v) is 5.07. The second kappa shape index (κ2) is 9.50. The molecule has 0 aliphatic rings. The van der Waals surface area contributed by atoms with E-state index in [1.54, 1.807) is 6.92 Å². The summed E-state index contributed by atoms with van der Waals surface area (Å²) in [6.45, 7) is 1.94. The maximum atomic E-state index is 13.2. The molecule has 6 nitrogen and oxygen atoms in total. The molecule has 2 rings (SSSR count). The van der Waals surface area contributed by atoms with E-state index in [-0.39, 0.29) is 31.1 Å². The molecule has 1 atom stereocenters. The fraction of sp³-hybridized carbons (Fsp3) is 0.316. The second-order valence-corrected chi connectivity index (χ2v) is 7.91. The molecule has 9 heteroatoms. The predicted octanol–water partition coefficient (Wildman–Crippen LogP) is 2.70. The van der Waals surface area contributed by atoms with Crippen LogP contribution in [0.15, 0.2) is 48.5 Å². The molecule has 1 unspecified atom stereocenters. The molecule has 152 valence electrons. The standard InChI is InChI=1S/C19H22F2N2O4S/c1-3-18(23(28(2,25)26)16-8-4-14(20)5-9-16)19(24)22-12-13-27-17-10-6-15(21)7-11-17/h4-11,18H,3,12-13H2,1-2H3,(H,22,24). The molecule has 28 heavy (non-hydrogen) atoms. The number of anilines is 1. The van der Waals surface area contributed by atoms with Crippen molar-refractivity contribution in [3.05, 3.63) is 60.2 Å². The molecule has 0 bridgehead atoms. The van der Waals surface area contributed by atoms with Crippen molar-refractivity contribution in [2.75, 3.05) is 23.7 Å². The Balaban J connectivity index is 2.02. The minimum Gasteiger partial charge on any atom is -0.492 e. The Bertz CT molecular complexity index is 887. The first kappa shape index (κ1) is 21.6. The monoisotopic (exact) mass is 412 g/mol. The lowest BCUT2D eigenvalue weighted by atomic mass is 10.2. The molecule has 0 spiro atoms. The number of ether oxygens (including phenoxy) is 1. The first-order valence-corrected chi connectivity index (χ1v) is 10.5. The van der Waals surface area contributed by atoms with Gasteiger partial charge in [0.2, 0.25) is 15.9 Å². The van der Waals surface area contributed by atoms with Gasteiger partial charge in [-0.25, -0.2) is 17.2 Å². The van der Waals surface area contributed by atoms with Gasteiger partial charge in [0.25, 0.3) is 0 Å². The maximum Gasteiger partial charge on any atom is 0.244 e. The molecule has 0 radical (unpaired) electrons. The lowest BCUT2D eigenvalue weighted by Crippen LogP contribution is -2.50. The Morgan fingerprint density at radius 3 is 2.11 bits per heavy atom. The Labute approximate surface area is 163 Å². The fourth-order valence-electron chi connectivity index (χ4n) is 2.64. The lowest BCUT2D eigenvalue weighted by molar-refractivity contribution is -0.122. The molecular weight excluding hydrogens is 390 g/mol. The van der Waals surface area contributed by atoms with Gasteiger partial charge >= 0.3 is 0 Å². The number of nitrogens with one attached hydrogen (secondary N) is 1. The van der Waals surface area contributed by atoms with Crippen LogP contribution in [0.4, 0.5) is 14.5 Å². The lowest BCUT2D eigenvalue weighted by Gasteiger charge is -2.30. The molecule has 0 fully saturated rings. The number of rotatable bonds is 9. The van der Waals surface area contributed by atoms with Crippen molar-refractivity contribution in [2.45, 2.75) is 19.4 Å². The first-order chi connectivity index (χ1) is 13.2. The summed E-state index contributed by atoms with van der Waals surface area (Å²) < 4.78 is 56.9. The zero-order valence-electron chi connectivity index (χ0n) is 15.6. The van der Waals surface area contributed by atoms with Gasteiger partial charge in [0, 0.05) is 0 Å². The number of carbonyl (C=O) groups excluding carboxylic acids is 1. The van der Waals surface area contributed by atoms with Crippen LogP contribution in [0.5, 0.6) is 5.75 Å². The molecule has 2 aromatic carbocycles. The minimum atomic E-state index is -3.78. The van der Waals surface area contributed by atoms with Crippen LogP contribution in [0.1, 0.15) is 13.3 Å². The van der Waals surface area contributed by atoms with Crippen molar-refractivity contribution in [3.63, 3.8) is 0 Å². The number of sulfonamides is 1. The van der Waals surface area contributed by atoms with Gasteiger partial charge in [-0.3, -0.25) is 9.10 Å². The molecule has 1 N–H and O–H groups in total. The number of hydrogen-bond acceptors (Lipinski definition) is 4. The minimum absolute atomic E-state index is 0.128. The van der Waals surface area contributed by atoms with E-state index in [9.17, 15) is 22.0 Å². The summed E-state index contributed by atoms with van der Waals surface area (Å²) in [5, 5.41) is 2.63. The van der Waals surface area contributed by atoms with E-state index in [0.717, 1.165) is 22.7 Å². The third kappa shape index (κ3) is 5.91. The van der Waals surface area contributed by atoms with E-state index in [2.05, 4.69) is 5.32 Å². The smallest absolute Gasteiger partial charge is 0.244 e. The van der Waals surface area contributed by atoms with Crippen molar-refractivity contribution in [3.8, 4) is 5.75 Å². The average molecular weight is 412 g/mol. The summed E-state index contributed by atoms with van der Waals surface area (Å²) in [6, 6.07) is 9.34. The molecule has 0 saturated heterocycles. The highest BCUT2D eigenvalue weighted by Crippen LogP contribution is 2.22. The van der Waals surface area contributed by atoms with E-state index < -0.39 is 27.8 Å². The molecule has 0 heterocycles. The van der Waals surface area contributed by atoms with Crippen molar-refractivity contribution in [1.82, 2.24) is 5.32 Å². The normalized spacial score (nSPS) is 12.3. The van der Waals surface area contributed by atoms with Gasteiger partial charge < -0.3 is 10.1 Å². The van der Waals surface area contributed by atoms with Crippen LogP contribution < -0.4 is 14.4 Å². The average Bonchev–Trinajstić information content (AvgIpc) is 2.64. The summed E-state index contributed by atoms with van der Waals surface area (Å²) in [7, 11) is -3.78. The van der Waals surface area contributed by atoms with Crippen molar-refractivity contribution >= 4 is 21.6 Å². The summed E-state index contributed by atoms with van der Waals surface area (Å²) in [5.41, 5.74) is 0.202. The van der Waals surface area contributed by atoms with E-state index in [1.807, 2.05) is 0 Å². The number of amides is 1. The van der Waals surface area contributed by atoms with E-state index >= 15 is 0 Å². The van der Waals surface area contributed by atoms with Crippen molar-refractivity contribution in [2.24, 2.45) is 0 Å². The van der Waals surface area contributed by atoms with E-state index in [0.29, 0.717) is 5.75 Å². The van der Waals surface area contributed by atoms with Gasteiger partial charge in [0.15, 0.2) is 0 Å². The molecule has 0 saturated carbocycles. The fourth-order valence-corrected chi connectivity index (χ4v) is 3.85. The van der Waals surface area contributed by atoms with Gasteiger partial charge in [-0.15, -0.1) is 0 Å². The third-order valence-electron chi connectivity index (χ3n) is 3.89. The highest BCUT2D eigenvalue weighted by atomic mass is 32.2. The maximum absolute atomic E-state index is 13.2. The molecule has 2 aromatic rings. The van der Waals surface area contributed by atoms with Crippen LogP contribution in [0.2, 0.25) is 0 Å². The van der Waals surface area contributed by atoms with Crippen LogP contribution in [0.25, 0.3) is 0 Å². The van der Waals surface area contributed by atoms with Crippen LogP contribution >= 0.6 is 0 Å². The van der Waals surface area contributed by atoms with Crippen molar-refractivity contribution < 1.29 is 26.7 Å². The molecule has 1 amide bonds. The van der Waals surface area contributed by atoms with Crippen LogP contribution in [-0.2, 0) is 14.8 Å². The molecule has 0 aliphatic heterocycles. The quantitative estimate of drug-likeness (QED) is 0.643. The Hall–Kier alpha value is -2.68. The van der Waals surface area contributed by atoms with Crippen LogP contribution in [-0.4, -0.2) is 39.8 Å². The van der Waals surface area contributed by atoms with Crippen LogP contribution in [0.3, 0.4) is 0 Å². The topological polar surface area (TPSA) is 75.7 Å². The number of benzene rings is 2. The van der Waals surface area contributed by atoms with Gasteiger partial charge in [-0.1, -0.05) is 6.92 Å². The van der Waals surface area contributed by atoms with Crippen LogP contribution in [0, 0.1) is 11.6 Å². The number of nitrogens with zero attached hydrogens (tertiary/aromatic N) is 1. The summed E-state index contributed by atoms with van der Waals surface area (Å²) in [4.78, 5) is 12.6. The number of carbonyl (C=O) groups is 1.